The fourth-order valence-corrected chi connectivity index (χ4v) is 2.47. The Labute approximate surface area is 119 Å². The van der Waals surface area contributed by atoms with Crippen LogP contribution in [0.25, 0.3) is 10.2 Å². The molecule has 0 aromatic carbocycles. The second-order valence-electron chi connectivity index (χ2n) is 4.07. The Morgan fingerprint density at radius 2 is 2.20 bits per heavy atom. The average molecular weight is 293 g/mol. The molecule has 4 N–H and O–H groups in total. The van der Waals surface area contributed by atoms with Gasteiger partial charge in [0.15, 0.2) is 0 Å². The summed E-state index contributed by atoms with van der Waals surface area (Å²) >= 11 is 1.55. The first-order valence-electron chi connectivity index (χ1n) is 6.17. The molecule has 106 valence electrons. The van der Waals surface area contributed by atoms with Crippen molar-refractivity contribution in [1.82, 2.24) is 15.3 Å². The molecular weight excluding hydrogens is 278 g/mol. The first-order chi connectivity index (χ1) is 9.60. The number of amides is 3. The molecule has 8 heteroatoms. The number of urea groups is 1. The third-order valence-electron chi connectivity index (χ3n) is 2.59. The number of nitrogens with one attached hydrogen (secondary N) is 2. The van der Waals surface area contributed by atoms with Crippen LogP contribution in [-0.2, 0) is 11.2 Å². The zero-order valence-electron chi connectivity index (χ0n) is 11.0. The van der Waals surface area contributed by atoms with E-state index in [-0.39, 0.29) is 6.42 Å². The van der Waals surface area contributed by atoms with Crippen LogP contribution in [0.2, 0.25) is 0 Å². The Bertz CT molecular complexity index is 640. The van der Waals surface area contributed by atoms with Gasteiger partial charge in [0.2, 0.25) is 5.91 Å². The predicted molar refractivity (Wildman–Crippen MR) is 77.6 cm³/mol. The molecule has 0 spiro atoms. The summed E-state index contributed by atoms with van der Waals surface area (Å²) in [5.74, 6) is 1.04. The monoisotopic (exact) mass is 293 g/mol. The third kappa shape index (κ3) is 3.41. The first-order valence-corrected chi connectivity index (χ1v) is 7.05. The molecule has 20 heavy (non-hydrogen) atoms. The van der Waals surface area contributed by atoms with Crippen LogP contribution in [0.15, 0.2) is 11.4 Å². The number of primary amides is 1. The largest absolute Gasteiger partial charge is 0.369 e. The van der Waals surface area contributed by atoms with Gasteiger partial charge in [0.05, 0.1) is 5.39 Å². The number of rotatable bonds is 5. The maximum absolute atomic E-state index is 11.3. The predicted octanol–water partition coefficient (Wildman–Crippen LogP) is 1.25. The molecule has 0 aliphatic heterocycles. The van der Waals surface area contributed by atoms with Gasteiger partial charge < -0.3 is 11.1 Å². The van der Waals surface area contributed by atoms with Gasteiger partial charge in [-0.05, 0) is 11.4 Å². The van der Waals surface area contributed by atoms with E-state index < -0.39 is 11.9 Å². The van der Waals surface area contributed by atoms with E-state index in [9.17, 15) is 9.59 Å². The molecule has 2 heterocycles. The lowest BCUT2D eigenvalue weighted by Crippen LogP contribution is -2.35. The number of thiophene rings is 1. The average Bonchev–Trinajstić information content (AvgIpc) is 2.85. The highest BCUT2D eigenvalue weighted by atomic mass is 32.1. The number of carbonyl (C=O) groups excluding carboxylic acids is 2. The molecule has 2 aromatic rings. The molecule has 0 aliphatic carbocycles. The lowest BCUT2D eigenvalue weighted by atomic mass is 10.3. The van der Waals surface area contributed by atoms with Crippen LogP contribution in [0.4, 0.5) is 10.6 Å². The molecule has 0 saturated heterocycles. The molecule has 0 unspecified atom stereocenters. The van der Waals surface area contributed by atoms with E-state index in [1.807, 2.05) is 23.7 Å². The number of hydrogen-bond acceptors (Lipinski definition) is 6. The molecular formula is C12H15N5O2S. The first kappa shape index (κ1) is 14.2. The Morgan fingerprint density at radius 3 is 2.90 bits per heavy atom. The van der Waals surface area contributed by atoms with E-state index in [0.29, 0.717) is 12.4 Å². The molecule has 3 amide bonds. The number of aromatic nitrogens is 2. The fraction of sp³-hybridized carbons (Fsp3) is 0.333. The summed E-state index contributed by atoms with van der Waals surface area (Å²) in [4.78, 5) is 31.6. The van der Waals surface area contributed by atoms with Crippen molar-refractivity contribution >= 4 is 39.3 Å². The zero-order chi connectivity index (χ0) is 14.5. The summed E-state index contributed by atoms with van der Waals surface area (Å²) in [6.07, 6.45) is 0.880. The maximum atomic E-state index is 11.3. The van der Waals surface area contributed by atoms with Crippen molar-refractivity contribution in [3.63, 3.8) is 0 Å². The van der Waals surface area contributed by atoms with Crippen LogP contribution in [0, 0.1) is 0 Å². The van der Waals surface area contributed by atoms with Gasteiger partial charge in [-0.15, -0.1) is 11.3 Å². The fourth-order valence-electron chi connectivity index (χ4n) is 1.69. The topological polar surface area (TPSA) is 110 Å². The quantitative estimate of drug-likeness (QED) is 0.768. The van der Waals surface area contributed by atoms with Crippen molar-refractivity contribution < 1.29 is 9.59 Å². The van der Waals surface area contributed by atoms with E-state index >= 15 is 0 Å². The number of anilines is 1. The van der Waals surface area contributed by atoms with Gasteiger partial charge in [-0.3, -0.25) is 10.1 Å². The molecule has 0 aliphatic rings. The summed E-state index contributed by atoms with van der Waals surface area (Å²) in [6.45, 7) is 2.35. The van der Waals surface area contributed by atoms with E-state index in [1.165, 1.54) is 0 Å². The third-order valence-corrected chi connectivity index (χ3v) is 3.40. The van der Waals surface area contributed by atoms with E-state index in [4.69, 9.17) is 5.73 Å². The van der Waals surface area contributed by atoms with Gasteiger partial charge in [0, 0.05) is 19.4 Å². The number of aryl methyl sites for hydroxylation is 1. The van der Waals surface area contributed by atoms with E-state index in [0.717, 1.165) is 22.5 Å². The van der Waals surface area contributed by atoms with Crippen LogP contribution in [-0.4, -0.2) is 28.5 Å². The van der Waals surface area contributed by atoms with Crippen molar-refractivity contribution in [2.75, 3.05) is 11.9 Å². The van der Waals surface area contributed by atoms with Crippen LogP contribution in [0.3, 0.4) is 0 Å². The summed E-state index contributed by atoms with van der Waals surface area (Å²) < 4.78 is 0. The summed E-state index contributed by atoms with van der Waals surface area (Å²) in [7, 11) is 0. The van der Waals surface area contributed by atoms with Crippen LogP contribution in [0.1, 0.15) is 19.2 Å². The number of fused-ring (bicyclic) bond motifs is 1. The molecule has 0 saturated carbocycles. The van der Waals surface area contributed by atoms with Crippen LogP contribution in [0.5, 0.6) is 0 Å². The Balaban J connectivity index is 2.04. The molecule has 2 rings (SSSR count). The summed E-state index contributed by atoms with van der Waals surface area (Å²) in [5, 5.41) is 7.99. The van der Waals surface area contributed by atoms with Crippen molar-refractivity contribution in [2.24, 2.45) is 5.73 Å². The van der Waals surface area contributed by atoms with Gasteiger partial charge in [0.1, 0.15) is 16.5 Å². The van der Waals surface area contributed by atoms with Crippen molar-refractivity contribution in [3.8, 4) is 0 Å². The highest BCUT2D eigenvalue weighted by molar-refractivity contribution is 7.16. The van der Waals surface area contributed by atoms with Gasteiger partial charge in [-0.1, -0.05) is 6.92 Å². The SMILES string of the molecule is CCc1nc(NCCC(=O)NC(N)=O)c2ccsc2n1. The standard InChI is InChI=1S/C12H15N5O2S/c1-2-8-15-10(7-4-6-20-11(7)16-8)14-5-3-9(18)17-12(13)19/h4,6H,2-3,5H2,1H3,(H,14,15,16)(H3,13,17,18,19). The smallest absolute Gasteiger partial charge is 0.318 e. The lowest BCUT2D eigenvalue weighted by Gasteiger charge is -2.08. The van der Waals surface area contributed by atoms with Crippen molar-refractivity contribution in [3.05, 3.63) is 17.3 Å². The highest BCUT2D eigenvalue weighted by Gasteiger charge is 2.09. The maximum Gasteiger partial charge on any atom is 0.318 e. The summed E-state index contributed by atoms with van der Waals surface area (Å²) in [5.41, 5.74) is 4.86. The molecule has 2 aromatic heterocycles. The second kappa shape index (κ2) is 6.29. The van der Waals surface area contributed by atoms with Crippen LogP contribution < -0.4 is 16.4 Å². The van der Waals surface area contributed by atoms with Gasteiger partial charge >= 0.3 is 6.03 Å². The lowest BCUT2D eigenvalue weighted by molar-refractivity contribution is -0.119. The number of nitrogens with two attached hydrogens (primary N) is 1. The molecule has 0 radical (unpaired) electrons. The van der Waals surface area contributed by atoms with E-state index in [2.05, 4.69) is 15.3 Å². The number of carbonyl (C=O) groups is 2. The Hall–Kier alpha value is -2.22. The molecule has 0 atom stereocenters. The number of imide groups is 1. The Kier molecular flexibility index (Phi) is 4.46. The second-order valence-corrected chi connectivity index (χ2v) is 4.97. The highest BCUT2D eigenvalue weighted by Crippen LogP contribution is 2.25. The summed E-state index contributed by atoms with van der Waals surface area (Å²) in [6, 6.07) is 1.09. The van der Waals surface area contributed by atoms with Crippen LogP contribution >= 0.6 is 11.3 Å². The molecule has 0 bridgehead atoms. The minimum absolute atomic E-state index is 0.139. The number of hydrogen-bond donors (Lipinski definition) is 3. The normalized spacial score (nSPS) is 10.4. The molecule has 7 nitrogen and oxygen atoms in total. The van der Waals surface area contributed by atoms with Gasteiger partial charge in [-0.2, -0.15) is 0 Å². The van der Waals surface area contributed by atoms with Crippen molar-refractivity contribution in [1.29, 1.82) is 0 Å². The Morgan fingerprint density at radius 1 is 1.40 bits per heavy atom. The van der Waals surface area contributed by atoms with Gasteiger partial charge in [0.25, 0.3) is 0 Å². The minimum atomic E-state index is -0.842. The number of nitrogens with zero attached hydrogens (tertiary/aromatic N) is 2. The van der Waals surface area contributed by atoms with Crippen molar-refractivity contribution in [2.45, 2.75) is 19.8 Å². The van der Waals surface area contributed by atoms with E-state index in [1.54, 1.807) is 11.3 Å². The van der Waals surface area contributed by atoms with Gasteiger partial charge in [-0.25, -0.2) is 14.8 Å². The minimum Gasteiger partial charge on any atom is -0.369 e. The molecule has 0 fully saturated rings. The zero-order valence-corrected chi connectivity index (χ0v) is 11.8.